The van der Waals surface area contributed by atoms with Crippen LogP contribution in [0.1, 0.15) is 11.1 Å². The Morgan fingerprint density at radius 3 is 2.65 bits per heavy atom. The van der Waals surface area contributed by atoms with Crippen LogP contribution in [0, 0.1) is 11.3 Å². The van der Waals surface area contributed by atoms with Gasteiger partial charge in [0.25, 0.3) is 0 Å². The molecule has 2 aromatic rings. The van der Waals surface area contributed by atoms with Crippen LogP contribution in [-0.4, -0.2) is 18.3 Å². The van der Waals surface area contributed by atoms with E-state index in [1.165, 1.54) is 0 Å². The molecule has 0 aliphatic rings. The Balaban J connectivity index is 1.66. The summed E-state index contributed by atoms with van der Waals surface area (Å²) in [4.78, 5) is 11.7. The van der Waals surface area contributed by atoms with E-state index in [4.69, 9.17) is 16.9 Å². The molecule has 0 fully saturated rings. The average Bonchev–Trinajstić information content (AvgIpc) is 2.57. The van der Waals surface area contributed by atoms with Gasteiger partial charge in [-0.25, -0.2) is 4.79 Å². The van der Waals surface area contributed by atoms with Gasteiger partial charge in [0.05, 0.1) is 11.6 Å². The third kappa shape index (κ3) is 5.85. The summed E-state index contributed by atoms with van der Waals surface area (Å²) < 4.78 is 0. The molecule has 0 radical (unpaired) electrons. The van der Waals surface area contributed by atoms with Crippen molar-refractivity contribution in [3.8, 4) is 6.07 Å². The molecule has 0 atom stereocenters. The summed E-state index contributed by atoms with van der Waals surface area (Å²) in [5.74, 6) is 1.53. The lowest BCUT2D eigenvalue weighted by Crippen LogP contribution is -2.30. The second-order valence-electron chi connectivity index (χ2n) is 4.71. The van der Waals surface area contributed by atoms with Gasteiger partial charge in [0.1, 0.15) is 0 Å². The van der Waals surface area contributed by atoms with Gasteiger partial charge in [0.15, 0.2) is 0 Å². The average molecular weight is 346 g/mol. The largest absolute Gasteiger partial charge is 0.337 e. The minimum Gasteiger partial charge on any atom is -0.337 e. The number of urea groups is 1. The number of nitrogens with zero attached hydrogens (tertiary/aromatic N) is 1. The quantitative estimate of drug-likeness (QED) is 0.768. The molecule has 0 aromatic heterocycles. The molecule has 118 valence electrons. The van der Waals surface area contributed by atoms with Gasteiger partial charge in [-0.3, -0.25) is 0 Å². The van der Waals surface area contributed by atoms with Crippen LogP contribution in [0.15, 0.2) is 48.5 Å². The van der Waals surface area contributed by atoms with E-state index in [-0.39, 0.29) is 6.03 Å². The lowest BCUT2D eigenvalue weighted by Gasteiger charge is -2.08. The van der Waals surface area contributed by atoms with E-state index < -0.39 is 0 Å². The molecule has 2 aromatic carbocycles. The van der Waals surface area contributed by atoms with Crippen molar-refractivity contribution in [1.29, 1.82) is 5.26 Å². The summed E-state index contributed by atoms with van der Waals surface area (Å²) >= 11 is 7.46. The van der Waals surface area contributed by atoms with Gasteiger partial charge in [-0.2, -0.15) is 17.0 Å². The second kappa shape index (κ2) is 9.09. The standard InChI is InChI=1S/C17H16ClN3OS/c18-15-5-7-16(8-6-15)21-17(22)20-9-10-23-12-14-4-2-1-3-13(14)11-19/h1-8H,9-10,12H2,(H2,20,21,22). The van der Waals surface area contributed by atoms with E-state index in [1.807, 2.05) is 24.3 Å². The maximum Gasteiger partial charge on any atom is 0.319 e. The molecule has 0 saturated heterocycles. The van der Waals surface area contributed by atoms with Gasteiger partial charge < -0.3 is 10.6 Å². The maximum atomic E-state index is 11.7. The Labute approximate surface area is 144 Å². The van der Waals surface area contributed by atoms with Gasteiger partial charge in [0.2, 0.25) is 0 Å². The van der Waals surface area contributed by atoms with E-state index in [9.17, 15) is 4.79 Å². The number of carbonyl (C=O) groups excluding carboxylic acids is 1. The summed E-state index contributed by atoms with van der Waals surface area (Å²) in [5, 5.41) is 15.2. The molecular weight excluding hydrogens is 330 g/mol. The molecular formula is C17H16ClN3OS. The van der Waals surface area contributed by atoms with Crippen molar-refractivity contribution in [3.05, 3.63) is 64.7 Å². The molecule has 0 aliphatic carbocycles. The third-order valence-electron chi connectivity index (χ3n) is 3.03. The highest BCUT2D eigenvalue weighted by molar-refractivity contribution is 7.98. The molecule has 2 N–H and O–H groups in total. The molecule has 2 rings (SSSR count). The Bertz CT molecular complexity index is 698. The van der Waals surface area contributed by atoms with E-state index in [1.54, 1.807) is 36.0 Å². The summed E-state index contributed by atoms with van der Waals surface area (Å²) in [6, 6.07) is 16.4. The molecule has 0 bridgehead atoms. The van der Waals surface area contributed by atoms with E-state index in [2.05, 4.69) is 16.7 Å². The minimum atomic E-state index is -0.245. The second-order valence-corrected chi connectivity index (χ2v) is 6.25. The fraction of sp³-hybridized carbons (Fsp3) is 0.176. The summed E-state index contributed by atoms with van der Waals surface area (Å²) in [6.45, 7) is 0.554. The lowest BCUT2D eigenvalue weighted by molar-refractivity contribution is 0.252. The molecule has 23 heavy (non-hydrogen) atoms. The smallest absolute Gasteiger partial charge is 0.319 e. The number of rotatable bonds is 6. The van der Waals surface area contributed by atoms with Crippen molar-refractivity contribution < 1.29 is 4.79 Å². The van der Waals surface area contributed by atoms with Gasteiger partial charge in [-0.05, 0) is 35.9 Å². The van der Waals surface area contributed by atoms with Crippen LogP contribution in [0.5, 0.6) is 0 Å². The Kier molecular flexibility index (Phi) is 6.79. The monoisotopic (exact) mass is 345 g/mol. The van der Waals surface area contributed by atoms with Gasteiger partial charge >= 0.3 is 6.03 Å². The molecule has 0 aliphatic heterocycles. The van der Waals surface area contributed by atoms with Crippen LogP contribution in [0.25, 0.3) is 0 Å². The van der Waals surface area contributed by atoms with Gasteiger partial charge in [-0.15, -0.1) is 0 Å². The number of thioether (sulfide) groups is 1. The van der Waals surface area contributed by atoms with Crippen molar-refractivity contribution in [2.75, 3.05) is 17.6 Å². The van der Waals surface area contributed by atoms with Crippen LogP contribution in [0.2, 0.25) is 5.02 Å². The predicted molar refractivity (Wildman–Crippen MR) is 95.8 cm³/mol. The number of benzene rings is 2. The summed E-state index contributed by atoms with van der Waals surface area (Å²) in [5.41, 5.74) is 2.42. The van der Waals surface area contributed by atoms with Crippen molar-refractivity contribution in [2.45, 2.75) is 5.75 Å². The third-order valence-corrected chi connectivity index (χ3v) is 4.29. The highest BCUT2D eigenvalue weighted by Crippen LogP contribution is 2.15. The minimum absolute atomic E-state index is 0.245. The summed E-state index contributed by atoms with van der Waals surface area (Å²) in [7, 11) is 0. The van der Waals surface area contributed by atoms with Crippen LogP contribution in [-0.2, 0) is 5.75 Å². The van der Waals surface area contributed by atoms with Crippen molar-refractivity contribution in [2.24, 2.45) is 0 Å². The van der Waals surface area contributed by atoms with Gasteiger partial charge in [0, 0.05) is 28.8 Å². The van der Waals surface area contributed by atoms with Crippen molar-refractivity contribution in [1.82, 2.24) is 5.32 Å². The maximum absolute atomic E-state index is 11.7. The first kappa shape index (κ1) is 17.2. The fourth-order valence-electron chi connectivity index (χ4n) is 1.88. The number of hydrogen-bond acceptors (Lipinski definition) is 3. The first-order valence-electron chi connectivity index (χ1n) is 7.05. The molecule has 2 amide bonds. The number of anilines is 1. The zero-order valence-electron chi connectivity index (χ0n) is 12.4. The van der Waals surface area contributed by atoms with Crippen molar-refractivity contribution in [3.63, 3.8) is 0 Å². The normalized spacial score (nSPS) is 9.91. The van der Waals surface area contributed by atoms with E-state index in [0.717, 1.165) is 17.1 Å². The molecule has 0 spiro atoms. The highest BCUT2D eigenvalue weighted by Gasteiger charge is 2.03. The van der Waals surface area contributed by atoms with Crippen LogP contribution >= 0.6 is 23.4 Å². The molecule has 4 nitrogen and oxygen atoms in total. The van der Waals surface area contributed by atoms with E-state index in [0.29, 0.717) is 22.8 Å². The van der Waals surface area contributed by atoms with Crippen molar-refractivity contribution >= 4 is 35.1 Å². The zero-order chi connectivity index (χ0) is 16.5. The van der Waals surface area contributed by atoms with E-state index >= 15 is 0 Å². The highest BCUT2D eigenvalue weighted by atomic mass is 35.5. The lowest BCUT2D eigenvalue weighted by atomic mass is 10.1. The Morgan fingerprint density at radius 1 is 1.17 bits per heavy atom. The van der Waals surface area contributed by atoms with Crippen LogP contribution in [0.4, 0.5) is 10.5 Å². The van der Waals surface area contributed by atoms with Crippen LogP contribution < -0.4 is 10.6 Å². The number of hydrogen-bond donors (Lipinski definition) is 2. The Morgan fingerprint density at radius 2 is 1.91 bits per heavy atom. The number of nitrogens with one attached hydrogen (secondary N) is 2. The molecule has 0 unspecified atom stereocenters. The predicted octanol–water partition coefficient (Wildman–Crippen LogP) is 4.27. The molecule has 0 heterocycles. The molecule has 6 heteroatoms. The van der Waals surface area contributed by atoms with Crippen LogP contribution in [0.3, 0.4) is 0 Å². The number of halogens is 1. The number of amides is 2. The Hall–Kier alpha value is -2.16. The SMILES string of the molecule is N#Cc1ccccc1CSCCNC(=O)Nc1ccc(Cl)cc1. The number of carbonyl (C=O) groups is 1. The topological polar surface area (TPSA) is 64.9 Å². The fourth-order valence-corrected chi connectivity index (χ4v) is 2.87. The van der Waals surface area contributed by atoms with Gasteiger partial charge in [-0.1, -0.05) is 29.8 Å². The molecule has 0 saturated carbocycles. The first-order chi connectivity index (χ1) is 11.2. The first-order valence-corrected chi connectivity index (χ1v) is 8.58. The number of nitriles is 1. The zero-order valence-corrected chi connectivity index (χ0v) is 14.0. The summed E-state index contributed by atoms with van der Waals surface area (Å²) in [6.07, 6.45) is 0.